The molecule has 23 heavy (non-hydrogen) atoms. The summed E-state index contributed by atoms with van der Waals surface area (Å²) in [6, 6.07) is -1.17. The minimum Gasteiger partial charge on any atom is -0.480 e. The second-order valence-electron chi connectivity index (χ2n) is 4.13. The van der Waals surface area contributed by atoms with Gasteiger partial charge in [-0.25, -0.2) is 0 Å². The Hall–Kier alpha value is -2.28. The normalized spacial score (nSPS) is 12.4. The molecule has 0 bridgehead atoms. The Morgan fingerprint density at radius 1 is 0.826 bits per heavy atom. The fourth-order valence-corrected chi connectivity index (χ4v) is 1.10. The lowest BCUT2D eigenvalue weighted by Crippen LogP contribution is -2.42. The van der Waals surface area contributed by atoms with Gasteiger partial charge in [-0.2, -0.15) is 0 Å². The molecule has 0 heterocycles. The molecule has 0 aliphatic heterocycles. The van der Waals surface area contributed by atoms with Crippen LogP contribution in [0.1, 0.15) is 6.42 Å². The maximum absolute atomic E-state index is 10.5. The van der Waals surface area contributed by atoms with Crippen LogP contribution in [0.5, 0.6) is 0 Å². The van der Waals surface area contributed by atoms with Crippen LogP contribution in [-0.2, 0) is 19.2 Å². The van der Waals surface area contributed by atoms with Gasteiger partial charge in [0.05, 0.1) is 32.3 Å². The molecule has 0 saturated heterocycles. The average molecular weight is 340 g/mol. The molecule has 0 spiro atoms. The maximum Gasteiger partial charge on any atom is 0.320 e. The monoisotopic (exact) mass is 340 g/mol. The first-order valence-corrected chi connectivity index (χ1v) is 6.21. The lowest BCUT2D eigenvalue weighted by Gasteiger charge is -2.15. The third kappa shape index (κ3) is 17.7. The van der Waals surface area contributed by atoms with Gasteiger partial charge in [-0.05, 0) is 0 Å². The number of hydrogen-bond donors (Lipinski definition) is 8. The molecule has 8 N–H and O–H groups in total. The highest BCUT2D eigenvalue weighted by Gasteiger charge is 2.21. The molecular weight excluding hydrogens is 320 g/mol. The van der Waals surface area contributed by atoms with Gasteiger partial charge in [-0.3, -0.25) is 29.8 Å². The molecule has 0 amide bonds. The van der Waals surface area contributed by atoms with Gasteiger partial charge in [-0.1, -0.05) is 0 Å². The van der Waals surface area contributed by atoms with Crippen molar-refractivity contribution in [1.82, 2.24) is 10.6 Å². The maximum atomic E-state index is 10.5. The van der Waals surface area contributed by atoms with E-state index in [1.807, 2.05) is 0 Å². The summed E-state index contributed by atoms with van der Waals surface area (Å²) in [4.78, 5) is 40.1. The highest BCUT2D eigenvalue weighted by atomic mass is 16.4. The largest absolute Gasteiger partial charge is 0.480 e. The molecular formula is C11H20N2O10. The Morgan fingerprint density at radius 2 is 1.26 bits per heavy atom. The summed E-state index contributed by atoms with van der Waals surface area (Å²) in [6.45, 7) is -1.69. The van der Waals surface area contributed by atoms with Crippen molar-refractivity contribution in [3.63, 3.8) is 0 Å². The Morgan fingerprint density at radius 3 is 1.57 bits per heavy atom. The molecule has 12 nitrogen and oxygen atoms in total. The van der Waals surface area contributed by atoms with Gasteiger partial charge in [0.15, 0.2) is 0 Å². The fourth-order valence-electron chi connectivity index (χ4n) is 1.10. The molecule has 134 valence electrons. The van der Waals surface area contributed by atoms with Crippen molar-refractivity contribution in [3.05, 3.63) is 0 Å². The van der Waals surface area contributed by atoms with Crippen LogP contribution in [0.2, 0.25) is 0 Å². The number of aliphatic hydroxyl groups is 2. The molecule has 2 unspecified atom stereocenters. The van der Waals surface area contributed by atoms with E-state index in [2.05, 4.69) is 10.6 Å². The molecule has 0 saturated carbocycles. The van der Waals surface area contributed by atoms with Crippen LogP contribution in [0.3, 0.4) is 0 Å². The summed E-state index contributed by atoms with van der Waals surface area (Å²) in [7, 11) is 0. The zero-order valence-electron chi connectivity index (χ0n) is 12.0. The lowest BCUT2D eigenvalue weighted by molar-refractivity contribution is -0.142. The summed E-state index contributed by atoms with van der Waals surface area (Å²) >= 11 is 0. The van der Waals surface area contributed by atoms with Crippen LogP contribution >= 0.6 is 0 Å². The van der Waals surface area contributed by atoms with Crippen molar-refractivity contribution in [2.45, 2.75) is 18.6 Å². The molecule has 0 radical (unpaired) electrons. The number of aliphatic carboxylic acids is 4. The van der Waals surface area contributed by atoms with Gasteiger partial charge in [-0.15, -0.1) is 0 Å². The summed E-state index contributed by atoms with van der Waals surface area (Å²) < 4.78 is 0. The molecule has 12 heteroatoms. The molecule has 0 aromatic rings. The van der Waals surface area contributed by atoms with E-state index in [0.29, 0.717) is 0 Å². The number of carboxylic acids is 4. The van der Waals surface area contributed by atoms with E-state index < -0.39 is 49.2 Å². The quantitative estimate of drug-likeness (QED) is 0.185. The number of carboxylic acid groups (broad SMARTS) is 4. The van der Waals surface area contributed by atoms with E-state index in [1.54, 1.807) is 0 Å². The van der Waals surface area contributed by atoms with Crippen LogP contribution in [0, 0.1) is 0 Å². The summed E-state index contributed by atoms with van der Waals surface area (Å²) in [5, 5.41) is 54.6. The minimum absolute atomic E-state index is 0.237. The van der Waals surface area contributed by atoms with Crippen molar-refractivity contribution in [1.29, 1.82) is 0 Å². The van der Waals surface area contributed by atoms with Gasteiger partial charge >= 0.3 is 23.9 Å². The third-order valence-corrected chi connectivity index (χ3v) is 2.07. The Kier molecular flexibility index (Phi) is 13.4. The third-order valence-electron chi connectivity index (χ3n) is 2.07. The van der Waals surface area contributed by atoms with E-state index in [1.165, 1.54) is 0 Å². The number of nitrogens with one attached hydrogen (secondary N) is 2. The molecule has 0 aliphatic carbocycles. The van der Waals surface area contributed by atoms with Crippen molar-refractivity contribution in [2.24, 2.45) is 0 Å². The fraction of sp³-hybridized carbons (Fsp3) is 0.636. The van der Waals surface area contributed by atoms with Gasteiger partial charge in [0.1, 0.15) is 6.04 Å². The Bertz CT molecular complexity index is 386. The number of hydrogen-bond acceptors (Lipinski definition) is 8. The first kappa shape index (κ1) is 23.0. The predicted molar refractivity (Wildman–Crippen MR) is 72.9 cm³/mol. The molecule has 2 atom stereocenters. The molecule has 0 aliphatic rings. The molecule has 0 fully saturated rings. The van der Waals surface area contributed by atoms with E-state index in [4.69, 9.17) is 30.6 Å². The first-order valence-electron chi connectivity index (χ1n) is 6.21. The highest BCUT2D eigenvalue weighted by molar-refractivity contribution is 5.75. The molecule has 0 aromatic heterocycles. The van der Waals surface area contributed by atoms with Crippen molar-refractivity contribution in [2.75, 3.05) is 26.2 Å². The average Bonchev–Trinajstić information content (AvgIpc) is 2.42. The van der Waals surface area contributed by atoms with Gasteiger partial charge < -0.3 is 30.6 Å². The van der Waals surface area contributed by atoms with E-state index in [9.17, 15) is 19.2 Å². The van der Waals surface area contributed by atoms with Crippen LogP contribution in [-0.4, -0.2) is 92.9 Å². The molecule has 0 rings (SSSR count). The number of aliphatic hydroxyl groups excluding tert-OH is 2. The van der Waals surface area contributed by atoms with Crippen molar-refractivity contribution in [3.8, 4) is 0 Å². The van der Waals surface area contributed by atoms with Gasteiger partial charge in [0.25, 0.3) is 0 Å². The van der Waals surface area contributed by atoms with Crippen LogP contribution in [0.25, 0.3) is 0 Å². The van der Waals surface area contributed by atoms with Crippen LogP contribution in [0.4, 0.5) is 0 Å². The lowest BCUT2D eigenvalue weighted by atomic mass is 10.1. The number of rotatable bonds is 11. The summed E-state index contributed by atoms with van der Waals surface area (Å²) in [5.74, 6) is -4.57. The molecule has 0 aromatic carbocycles. The highest BCUT2D eigenvalue weighted by Crippen LogP contribution is 1.98. The summed E-state index contributed by atoms with van der Waals surface area (Å²) in [6.07, 6.45) is -1.41. The van der Waals surface area contributed by atoms with E-state index in [0.717, 1.165) is 0 Å². The number of carbonyl (C=O) groups is 4. The van der Waals surface area contributed by atoms with Crippen molar-refractivity contribution < 1.29 is 49.8 Å². The second kappa shape index (κ2) is 13.4. The second-order valence-corrected chi connectivity index (χ2v) is 4.13. The SMILES string of the molecule is O=C(O)CNC(CC(O)CO)C(=O)O.O=C(O)CNCC(=O)O. The van der Waals surface area contributed by atoms with Crippen LogP contribution < -0.4 is 10.6 Å². The Balaban J connectivity index is 0. The van der Waals surface area contributed by atoms with Crippen molar-refractivity contribution >= 4 is 23.9 Å². The smallest absolute Gasteiger partial charge is 0.320 e. The first-order chi connectivity index (χ1) is 10.6. The predicted octanol–water partition coefficient (Wildman–Crippen LogP) is -3.40. The van der Waals surface area contributed by atoms with Gasteiger partial charge in [0.2, 0.25) is 0 Å². The topological polar surface area (TPSA) is 214 Å². The Labute approximate surface area is 130 Å². The van der Waals surface area contributed by atoms with E-state index in [-0.39, 0.29) is 19.5 Å². The minimum atomic E-state index is -1.27. The zero-order chi connectivity index (χ0) is 18.4. The standard InChI is InChI=1S/C7H13NO6.C4H7NO4/c9-3-4(10)1-5(7(13)14)8-2-6(11)12;6-3(7)1-5-2-4(8)9/h4-5,8-10H,1-3H2,(H,11,12)(H,13,14);5H,1-2H2,(H,6,7)(H,8,9). The van der Waals surface area contributed by atoms with E-state index >= 15 is 0 Å². The summed E-state index contributed by atoms with van der Waals surface area (Å²) in [5.41, 5.74) is 0. The van der Waals surface area contributed by atoms with Crippen LogP contribution in [0.15, 0.2) is 0 Å². The zero-order valence-corrected chi connectivity index (χ0v) is 12.0. The van der Waals surface area contributed by atoms with Gasteiger partial charge in [0, 0.05) is 6.42 Å².